The zero-order valence-electron chi connectivity index (χ0n) is 11.0. The molecule has 0 fully saturated rings. The quantitative estimate of drug-likeness (QED) is 0.867. The van der Waals surface area contributed by atoms with E-state index in [0.717, 1.165) is 18.2 Å². The van der Waals surface area contributed by atoms with Crippen LogP contribution in [0.5, 0.6) is 0 Å². The summed E-state index contributed by atoms with van der Waals surface area (Å²) in [5.74, 6) is -3.38. The fourth-order valence-electron chi connectivity index (χ4n) is 1.43. The average molecular weight is 303 g/mol. The Morgan fingerprint density at radius 1 is 1.30 bits per heavy atom. The van der Waals surface area contributed by atoms with Crippen LogP contribution in [0.15, 0.2) is 23.1 Å². The predicted octanol–water partition coefficient (Wildman–Crippen LogP) is 0.776. The molecule has 0 aliphatic heterocycles. The fourth-order valence-corrected chi connectivity index (χ4v) is 2.76. The molecular formula is C12H14FNO5S. The average Bonchev–Trinajstić information content (AvgIpc) is 2.35. The summed E-state index contributed by atoms with van der Waals surface area (Å²) in [7, 11) is -1.12. The van der Waals surface area contributed by atoms with Gasteiger partial charge in [0.05, 0.1) is 11.3 Å². The van der Waals surface area contributed by atoms with Crippen molar-refractivity contribution < 1.29 is 27.5 Å². The summed E-state index contributed by atoms with van der Waals surface area (Å²) in [5.41, 5.74) is -0.330. The van der Waals surface area contributed by atoms with Crippen molar-refractivity contribution in [2.45, 2.75) is 11.3 Å². The maximum absolute atomic E-state index is 13.5. The summed E-state index contributed by atoms with van der Waals surface area (Å²) in [6.45, 7) is 0. The maximum atomic E-state index is 13.5. The Morgan fingerprint density at radius 2 is 1.90 bits per heavy atom. The van der Waals surface area contributed by atoms with E-state index in [1.807, 2.05) is 0 Å². The highest BCUT2D eigenvalue weighted by molar-refractivity contribution is 7.91. The highest BCUT2D eigenvalue weighted by Gasteiger charge is 2.22. The summed E-state index contributed by atoms with van der Waals surface area (Å²) < 4.78 is 37.4. The van der Waals surface area contributed by atoms with Crippen LogP contribution in [0.3, 0.4) is 0 Å². The van der Waals surface area contributed by atoms with Gasteiger partial charge in [0.15, 0.2) is 9.84 Å². The van der Waals surface area contributed by atoms with E-state index in [2.05, 4.69) is 0 Å². The summed E-state index contributed by atoms with van der Waals surface area (Å²) in [4.78, 5) is 22.6. The molecule has 0 aliphatic carbocycles. The monoisotopic (exact) mass is 303 g/mol. The minimum absolute atomic E-state index is 0.300. The van der Waals surface area contributed by atoms with E-state index in [1.54, 1.807) is 0 Å². The molecule has 0 atom stereocenters. The maximum Gasteiger partial charge on any atom is 0.335 e. The van der Waals surface area contributed by atoms with Crippen LogP contribution in [0.2, 0.25) is 0 Å². The second-order valence-electron chi connectivity index (χ2n) is 4.31. The van der Waals surface area contributed by atoms with Gasteiger partial charge in [-0.15, -0.1) is 0 Å². The molecule has 0 spiro atoms. The molecule has 1 N–H and O–H groups in total. The third-order valence-electron chi connectivity index (χ3n) is 2.60. The Bertz CT molecular complexity index is 639. The number of carboxylic acids is 1. The van der Waals surface area contributed by atoms with Crippen LogP contribution >= 0.6 is 0 Å². The summed E-state index contributed by atoms with van der Waals surface area (Å²) in [6.07, 6.45) is -0.300. The molecule has 1 amide bonds. The van der Waals surface area contributed by atoms with Crippen molar-refractivity contribution in [1.82, 2.24) is 4.90 Å². The lowest BCUT2D eigenvalue weighted by atomic mass is 10.2. The summed E-state index contributed by atoms with van der Waals surface area (Å²) >= 11 is 0. The SMILES string of the molecule is CN(C)C(=O)CCS(=O)(=O)c1cc(C(=O)O)ccc1F. The number of aromatic carboxylic acids is 1. The second kappa shape index (κ2) is 6.00. The molecule has 6 nitrogen and oxygen atoms in total. The molecule has 1 aromatic carbocycles. The molecule has 1 rings (SSSR count). The number of amides is 1. The van der Waals surface area contributed by atoms with E-state index in [1.165, 1.54) is 19.0 Å². The number of hydrogen-bond donors (Lipinski definition) is 1. The van der Waals surface area contributed by atoms with Crippen LogP contribution in [0.4, 0.5) is 4.39 Å². The van der Waals surface area contributed by atoms with E-state index >= 15 is 0 Å². The van der Waals surface area contributed by atoms with E-state index < -0.39 is 38.2 Å². The zero-order valence-corrected chi connectivity index (χ0v) is 11.8. The first-order chi connectivity index (χ1) is 9.15. The van der Waals surface area contributed by atoms with Gasteiger partial charge in [-0.25, -0.2) is 17.6 Å². The van der Waals surface area contributed by atoms with Gasteiger partial charge in [-0.3, -0.25) is 4.79 Å². The number of benzene rings is 1. The number of carboxylic acid groups (broad SMARTS) is 1. The highest BCUT2D eigenvalue weighted by Crippen LogP contribution is 2.19. The number of carbonyl (C=O) groups is 2. The Hall–Kier alpha value is -1.96. The van der Waals surface area contributed by atoms with Crippen LogP contribution in [-0.4, -0.2) is 50.1 Å². The van der Waals surface area contributed by atoms with Crippen molar-refractivity contribution in [2.24, 2.45) is 0 Å². The number of hydrogen-bond acceptors (Lipinski definition) is 4. The van der Waals surface area contributed by atoms with Gasteiger partial charge < -0.3 is 10.0 Å². The largest absolute Gasteiger partial charge is 0.478 e. The molecule has 0 saturated heterocycles. The normalized spacial score (nSPS) is 11.2. The van der Waals surface area contributed by atoms with Crippen molar-refractivity contribution in [1.29, 1.82) is 0 Å². The van der Waals surface area contributed by atoms with Gasteiger partial charge >= 0.3 is 5.97 Å². The molecule has 20 heavy (non-hydrogen) atoms. The molecule has 1 aromatic rings. The van der Waals surface area contributed by atoms with Crippen LogP contribution in [-0.2, 0) is 14.6 Å². The molecule has 110 valence electrons. The molecule has 0 aromatic heterocycles. The van der Waals surface area contributed by atoms with Gasteiger partial charge in [0, 0.05) is 20.5 Å². The van der Waals surface area contributed by atoms with Crippen LogP contribution < -0.4 is 0 Å². The molecular weight excluding hydrogens is 289 g/mol. The summed E-state index contributed by atoms with van der Waals surface area (Å²) in [5, 5.41) is 8.78. The number of nitrogens with zero attached hydrogens (tertiary/aromatic N) is 1. The number of halogens is 1. The Balaban J connectivity index is 3.06. The van der Waals surface area contributed by atoms with E-state index in [-0.39, 0.29) is 12.0 Å². The minimum atomic E-state index is -4.06. The zero-order chi connectivity index (χ0) is 15.5. The van der Waals surface area contributed by atoms with Crippen molar-refractivity contribution in [2.75, 3.05) is 19.8 Å². The molecule has 0 unspecified atom stereocenters. The van der Waals surface area contributed by atoms with Gasteiger partial charge in [-0.05, 0) is 18.2 Å². The van der Waals surface area contributed by atoms with Crippen LogP contribution in [0.1, 0.15) is 16.8 Å². The first kappa shape index (κ1) is 16.1. The summed E-state index contributed by atoms with van der Waals surface area (Å²) in [6, 6.07) is 2.51. The molecule has 0 aliphatic rings. The van der Waals surface area contributed by atoms with Crippen molar-refractivity contribution in [3.05, 3.63) is 29.6 Å². The van der Waals surface area contributed by atoms with E-state index in [9.17, 15) is 22.4 Å². The predicted molar refractivity (Wildman–Crippen MR) is 68.7 cm³/mol. The van der Waals surface area contributed by atoms with Gasteiger partial charge in [0.25, 0.3) is 0 Å². The Labute approximate surface area is 115 Å². The van der Waals surface area contributed by atoms with Gasteiger partial charge in [-0.1, -0.05) is 0 Å². The number of carbonyl (C=O) groups excluding carboxylic acids is 1. The van der Waals surface area contributed by atoms with Crippen molar-refractivity contribution in [3.8, 4) is 0 Å². The smallest absolute Gasteiger partial charge is 0.335 e. The van der Waals surface area contributed by atoms with E-state index in [0.29, 0.717) is 0 Å². The lowest BCUT2D eigenvalue weighted by Gasteiger charge is -2.10. The van der Waals surface area contributed by atoms with Gasteiger partial charge in [0.2, 0.25) is 5.91 Å². The second-order valence-corrected chi connectivity index (χ2v) is 6.38. The van der Waals surface area contributed by atoms with Crippen LogP contribution in [0.25, 0.3) is 0 Å². The first-order valence-electron chi connectivity index (χ1n) is 5.61. The van der Waals surface area contributed by atoms with E-state index in [4.69, 9.17) is 5.11 Å². The third-order valence-corrected chi connectivity index (χ3v) is 4.32. The van der Waals surface area contributed by atoms with Crippen molar-refractivity contribution >= 4 is 21.7 Å². The van der Waals surface area contributed by atoms with Gasteiger partial charge in [0.1, 0.15) is 10.7 Å². The minimum Gasteiger partial charge on any atom is -0.478 e. The fraction of sp³-hybridized carbons (Fsp3) is 0.333. The molecule has 0 radical (unpaired) electrons. The Morgan fingerprint density at radius 3 is 2.40 bits per heavy atom. The topological polar surface area (TPSA) is 91.8 Å². The molecule has 8 heteroatoms. The molecule has 0 saturated carbocycles. The van der Waals surface area contributed by atoms with Gasteiger partial charge in [-0.2, -0.15) is 0 Å². The molecule has 0 bridgehead atoms. The molecule has 0 heterocycles. The third kappa shape index (κ3) is 3.77. The lowest BCUT2D eigenvalue weighted by molar-refractivity contribution is -0.128. The lowest BCUT2D eigenvalue weighted by Crippen LogP contribution is -2.24. The van der Waals surface area contributed by atoms with Crippen molar-refractivity contribution in [3.63, 3.8) is 0 Å². The number of sulfone groups is 1. The van der Waals surface area contributed by atoms with Crippen LogP contribution in [0, 0.1) is 5.82 Å². The standard InChI is InChI=1S/C12H14FNO5S/c1-14(2)11(15)5-6-20(18,19)10-7-8(12(16)17)3-4-9(10)13/h3-4,7H,5-6H2,1-2H3,(H,16,17). The highest BCUT2D eigenvalue weighted by atomic mass is 32.2. The Kier molecular flexibility index (Phi) is 4.83. The first-order valence-corrected chi connectivity index (χ1v) is 7.26. The number of rotatable bonds is 5.